The first kappa shape index (κ1) is 16.1. The molecular weight excluding hydrogens is 313 g/mol. The predicted molar refractivity (Wildman–Crippen MR) is 80.3 cm³/mol. The Balaban J connectivity index is 2.21. The molecule has 7 nitrogen and oxygen atoms in total. The van der Waals surface area contributed by atoms with Crippen molar-refractivity contribution in [3.8, 4) is 0 Å². The van der Waals surface area contributed by atoms with Gasteiger partial charge in [0.2, 0.25) is 12.3 Å². The van der Waals surface area contributed by atoms with Crippen LogP contribution >= 0.6 is 12.6 Å². The number of amides is 3. The van der Waals surface area contributed by atoms with Crippen LogP contribution in [0.5, 0.6) is 0 Å². The number of halogens is 1. The number of nitrogens with zero attached hydrogens (tertiary/aromatic N) is 1. The fourth-order valence-electron chi connectivity index (χ4n) is 2.09. The molecule has 0 saturated carbocycles. The van der Waals surface area contributed by atoms with Crippen molar-refractivity contribution >= 4 is 42.4 Å². The van der Waals surface area contributed by atoms with Crippen molar-refractivity contribution in [3.63, 3.8) is 0 Å². The third kappa shape index (κ3) is 3.14. The highest BCUT2D eigenvalue weighted by Crippen LogP contribution is 2.28. The second-order valence-electron chi connectivity index (χ2n) is 4.57. The van der Waals surface area contributed by atoms with Crippen molar-refractivity contribution in [3.05, 3.63) is 24.0 Å². The maximum absolute atomic E-state index is 13.8. The summed E-state index contributed by atoms with van der Waals surface area (Å²) in [5, 5.41) is 4.71. The SMILES string of the molecule is CC1[C@@H](NC(=O)CS)OC(=O)N1c1ccc(NC=O)c(F)c1. The highest BCUT2D eigenvalue weighted by atomic mass is 32.1. The highest BCUT2D eigenvalue weighted by molar-refractivity contribution is 7.81. The van der Waals surface area contributed by atoms with E-state index in [-0.39, 0.29) is 23.0 Å². The van der Waals surface area contributed by atoms with E-state index in [0.29, 0.717) is 6.41 Å². The first-order chi connectivity index (χ1) is 10.5. The summed E-state index contributed by atoms with van der Waals surface area (Å²) in [5.74, 6) is -1.11. The molecule has 0 aliphatic carbocycles. The molecule has 1 fully saturated rings. The largest absolute Gasteiger partial charge is 0.423 e. The van der Waals surface area contributed by atoms with Crippen LogP contribution in [0.1, 0.15) is 6.92 Å². The minimum Gasteiger partial charge on any atom is -0.423 e. The molecule has 118 valence electrons. The molecule has 1 aromatic rings. The third-order valence-electron chi connectivity index (χ3n) is 3.16. The lowest BCUT2D eigenvalue weighted by atomic mass is 10.2. The van der Waals surface area contributed by atoms with Crippen molar-refractivity contribution in [2.24, 2.45) is 0 Å². The molecule has 1 aliphatic heterocycles. The number of benzene rings is 1. The summed E-state index contributed by atoms with van der Waals surface area (Å²) in [6, 6.07) is 3.38. The Bertz CT molecular complexity index is 613. The van der Waals surface area contributed by atoms with Gasteiger partial charge >= 0.3 is 6.09 Å². The lowest BCUT2D eigenvalue weighted by Crippen LogP contribution is -2.44. The minimum atomic E-state index is -0.844. The second kappa shape index (κ2) is 6.65. The number of ether oxygens (including phenoxy) is 1. The number of thiol groups is 1. The van der Waals surface area contributed by atoms with Crippen LogP contribution in [0.25, 0.3) is 0 Å². The molecule has 1 saturated heterocycles. The van der Waals surface area contributed by atoms with E-state index in [4.69, 9.17) is 4.74 Å². The summed E-state index contributed by atoms with van der Waals surface area (Å²) < 4.78 is 18.9. The predicted octanol–water partition coefficient (Wildman–Crippen LogP) is 1.11. The van der Waals surface area contributed by atoms with E-state index in [1.807, 2.05) is 0 Å². The van der Waals surface area contributed by atoms with E-state index in [1.54, 1.807) is 6.92 Å². The summed E-state index contributed by atoms with van der Waals surface area (Å²) >= 11 is 3.83. The van der Waals surface area contributed by atoms with Crippen LogP contribution in [0, 0.1) is 5.82 Å². The van der Waals surface area contributed by atoms with Crippen LogP contribution in [-0.4, -0.2) is 36.4 Å². The zero-order valence-electron chi connectivity index (χ0n) is 11.6. The lowest BCUT2D eigenvalue weighted by molar-refractivity contribution is -0.121. The third-order valence-corrected chi connectivity index (χ3v) is 3.45. The molecule has 0 radical (unpaired) electrons. The molecule has 3 amide bonds. The van der Waals surface area contributed by atoms with Crippen molar-refractivity contribution in [1.29, 1.82) is 0 Å². The molecule has 1 aliphatic rings. The first-order valence-electron chi connectivity index (χ1n) is 6.37. The van der Waals surface area contributed by atoms with E-state index in [9.17, 15) is 18.8 Å². The zero-order chi connectivity index (χ0) is 16.3. The van der Waals surface area contributed by atoms with Gasteiger partial charge in [-0.05, 0) is 25.1 Å². The van der Waals surface area contributed by atoms with Gasteiger partial charge in [-0.15, -0.1) is 0 Å². The maximum Gasteiger partial charge on any atom is 0.416 e. The zero-order valence-corrected chi connectivity index (χ0v) is 12.5. The molecule has 1 heterocycles. The van der Waals surface area contributed by atoms with Crippen LogP contribution in [-0.2, 0) is 14.3 Å². The number of nitrogens with one attached hydrogen (secondary N) is 2. The van der Waals surface area contributed by atoms with Gasteiger partial charge in [-0.1, -0.05) is 0 Å². The number of rotatable bonds is 5. The second-order valence-corrected chi connectivity index (χ2v) is 4.88. The normalized spacial score (nSPS) is 20.5. The molecule has 9 heteroatoms. The first-order valence-corrected chi connectivity index (χ1v) is 7.01. The maximum atomic E-state index is 13.8. The number of anilines is 2. The van der Waals surface area contributed by atoms with E-state index >= 15 is 0 Å². The standard InChI is InChI=1S/C13H14FN3O4S/c1-7-12(16-11(19)5-22)21-13(20)17(7)8-2-3-10(15-6-18)9(14)4-8/h2-4,6-7,12,22H,5H2,1H3,(H,15,18)(H,16,19)/t7?,12-/m0/s1. The average molecular weight is 327 g/mol. The molecule has 2 atom stereocenters. The number of hydrogen-bond donors (Lipinski definition) is 3. The van der Waals surface area contributed by atoms with Gasteiger partial charge in [-0.25, -0.2) is 9.18 Å². The molecule has 2 rings (SSSR count). The van der Waals surface area contributed by atoms with Crippen LogP contribution in [0.2, 0.25) is 0 Å². The van der Waals surface area contributed by atoms with Crippen molar-refractivity contribution in [1.82, 2.24) is 5.32 Å². The molecular formula is C13H14FN3O4S. The number of carbonyl (C=O) groups excluding carboxylic acids is 3. The number of carbonyl (C=O) groups is 3. The Labute approximate surface area is 131 Å². The summed E-state index contributed by atoms with van der Waals surface area (Å²) in [4.78, 5) is 34.8. The molecule has 0 bridgehead atoms. The van der Waals surface area contributed by atoms with E-state index in [1.165, 1.54) is 17.0 Å². The van der Waals surface area contributed by atoms with Crippen molar-refractivity contribution in [2.75, 3.05) is 16.0 Å². The van der Waals surface area contributed by atoms with Gasteiger partial charge < -0.3 is 15.4 Å². The van der Waals surface area contributed by atoms with E-state index in [2.05, 4.69) is 23.3 Å². The highest BCUT2D eigenvalue weighted by Gasteiger charge is 2.40. The molecule has 1 unspecified atom stereocenters. The monoisotopic (exact) mass is 327 g/mol. The molecule has 2 N–H and O–H groups in total. The quantitative estimate of drug-likeness (QED) is 0.558. The Morgan fingerprint density at radius 1 is 1.55 bits per heavy atom. The van der Waals surface area contributed by atoms with Crippen LogP contribution in [0.15, 0.2) is 18.2 Å². The van der Waals surface area contributed by atoms with E-state index < -0.39 is 24.2 Å². The van der Waals surface area contributed by atoms with Crippen LogP contribution < -0.4 is 15.5 Å². The number of hydrogen-bond acceptors (Lipinski definition) is 5. The Kier molecular flexibility index (Phi) is 4.86. The summed E-state index contributed by atoms with van der Waals surface area (Å²) in [5.41, 5.74) is 0.257. The van der Waals surface area contributed by atoms with Crippen molar-refractivity contribution in [2.45, 2.75) is 19.2 Å². The van der Waals surface area contributed by atoms with Gasteiger partial charge in [-0.2, -0.15) is 12.6 Å². The Morgan fingerprint density at radius 3 is 2.86 bits per heavy atom. The van der Waals surface area contributed by atoms with Gasteiger partial charge in [0.05, 0.1) is 23.2 Å². The smallest absolute Gasteiger partial charge is 0.416 e. The summed E-state index contributed by atoms with van der Waals surface area (Å²) in [7, 11) is 0. The lowest BCUT2D eigenvalue weighted by Gasteiger charge is -2.21. The molecule has 0 aromatic heterocycles. The molecule has 22 heavy (non-hydrogen) atoms. The van der Waals surface area contributed by atoms with Gasteiger partial charge in [0, 0.05) is 0 Å². The summed E-state index contributed by atoms with van der Waals surface area (Å²) in [6.45, 7) is 1.66. The fourth-order valence-corrected chi connectivity index (χ4v) is 2.19. The van der Waals surface area contributed by atoms with Gasteiger partial charge in [0.1, 0.15) is 5.82 Å². The van der Waals surface area contributed by atoms with Gasteiger partial charge in [-0.3, -0.25) is 14.5 Å². The minimum absolute atomic E-state index is 0.00102. The van der Waals surface area contributed by atoms with Crippen LogP contribution in [0.3, 0.4) is 0 Å². The van der Waals surface area contributed by atoms with Gasteiger partial charge in [0.25, 0.3) is 0 Å². The van der Waals surface area contributed by atoms with Crippen molar-refractivity contribution < 1.29 is 23.5 Å². The fraction of sp³-hybridized carbons (Fsp3) is 0.308. The molecule has 0 spiro atoms. The summed E-state index contributed by atoms with van der Waals surface area (Å²) in [6.07, 6.45) is -1.19. The van der Waals surface area contributed by atoms with Crippen LogP contribution in [0.4, 0.5) is 20.6 Å². The Hall–Kier alpha value is -2.29. The Morgan fingerprint density at radius 2 is 2.27 bits per heavy atom. The molecule has 1 aromatic carbocycles. The average Bonchev–Trinajstić information content (AvgIpc) is 2.75. The topological polar surface area (TPSA) is 87.7 Å². The van der Waals surface area contributed by atoms with Gasteiger partial charge in [0.15, 0.2) is 6.23 Å². The number of cyclic esters (lactones) is 1. The van der Waals surface area contributed by atoms with E-state index in [0.717, 1.165) is 6.07 Å².